The molecule has 4 rings (SSSR count). The highest BCUT2D eigenvalue weighted by molar-refractivity contribution is 6.31. The van der Waals surface area contributed by atoms with Gasteiger partial charge in [-0.05, 0) is 60.0 Å². The van der Waals surface area contributed by atoms with Crippen LogP contribution in [0.2, 0.25) is 5.02 Å². The molecule has 0 spiro atoms. The second-order valence-electron chi connectivity index (χ2n) is 7.58. The molecule has 7 nitrogen and oxygen atoms in total. The molecule has 0 bridgehead atoms. The Hall–Kier alpha value is -3.32. The third kappa shape index (κ3) is 5.48. The van der Waals surface area contributed by atoms with Crippen LogP contribution in [0.25, 0.3) is 0 Å². The Balaban J connectivity index is 1.35. The molecule has 3 heterocycles. The Morgan fingerprint density at radius 1 is 1.06 bits per heavy atom. The van der Waals surface area contributed by atoms with Crippen molar-refractivity contribution in [1.82, 2.24) is 14.9 Å². The van der Waals surface area contributed by atoms with Gasteiger partial charge in [0.05, 0.1) is 0 Å². The smallest absolute Gasteiger partial charge is 0.321 e. The largest absolute Gasteiger partial charge is 0.485 e. The number of aryl methyl sites for hydroxylation is 1. The van der Waals surface area contributed by atoms with Crippen molar-refractivity contribution in [2.24, 2.45) is 0 Å². The van der Waals surface area contributed by atoms with E-state index in [1.807, 2.05) is 41.3 Å². The maximum atomic E-state index is 12.8. The number of nitrogens with one attached hydrogen (secondary N) is 1. The average Bonchev–Trinajstić information content (AvgIpc) is 2.83. The fraction of sp³-hybridized carbons (Fsp3) is 0.292. The molecule has 1 N–H and O–H groups in total. The number of nitrogens with zero attached hydrogens (tertiary/aromatic N) is 4. The van der Waals surface area contributed by atoms with E-state index in [1.54, 1.807) is 24.7 Å². The van der Waals surface area contributed by atoms with Crippen molar-refractivity contribution in [2.45, 2.75) is 20.0 Å². The molecule has 1 aliphatic heterocycles. The van der Waals surface area contributed by atoms with Crippen molar-refractivity contribution < 1.29 is 9.53 Å². The molecule has 1 aromatic carbocycles. The molecule has 3 aromatic rings. The van der Waals surface area contributed by atoms with Gasteiger partial charge in [-0.3, -0.25) is 4.98 Å². The molecule has 2 amide bonds. The van der Waals surface area contributed by atoms with E-state index in [-0.39, 0.29) is 6.03 Å². The van der Waals surface area contributed by atoms with Crippen molar-refractivity contribution in [3.05, 3.63) is 77.2 Å². The summed E-state index contributed by atoms with van der Waals surface area (Å²) in [7, 11) is 0. The Labute approximate surface area is 193 Å². The number of amides is 2. The van der Waals surface area contributed by atoms with Gasteiger partial charge in [0.1, 0.15) is 6.61 Å². The van der Waals surface area contributed by atoms with E-state index in [1.165, 1.54) is 0 Å². The third-order valence-electron chi connectivity index (χ3n) is 5.38. The molecular weight excluding hydrogens is 426 g/mol. The number of pyridine rings is 2. The summed E-state index contributed by atoms with van der Waals surface area (Å²) in [4.78, 5) is 25.3. The molecule has 0 atom stereocenters. The van der Waals surface area contributed by atoms with E-state index in [0.717, 1.165) is 34.8 Å². The van der Waals surface area contributed by atoms with Crippen LogP contribution in [0, 0.1) is 0 Å². The fourth-order valence-electron chi connectivity index (χ4n) is 3.62. The summed E-state index contributed by atoms with van der Waals surface area (Å²) in [6, 6.07) is 13.2. The topological polar surface area (TPSA) is 70.6 Å². The SMILES string of the molecule is CCc1cc(Cl)cc(NC(=O)N2CCN(c3ncccc3OCc3ccncc3)CC2)c1. The Kier molecular flexibility index (Phi) is 7.07. The van der Waals surface area contributed by atoms with Gasteiger partial charge in [0.2, 0.25) is 0 Å². The van der Waals surface area contributed by atoms with Crippen LogP contribution in [0.1, 0.15) is 18.1 Å². The summed E-state index contributed by atoms with van der Waals surface area (Å²) in [6.07, 6.45) is 6.12. The molecular formula is C24H26ClN5O2. The van der Waals surface area contributed by atoms with Crippen molar-refractivity contribution in [1.29, 1.82) is 0 Å². The molecule has 1 aliphatic rings. The predicted molar refractivity (Wildman–Crippen MR) is 126 cm³/mol. The van der Waals surface area contributed by atoms with Gasteiger partial charge < -0.3 is 19.9 Å². The van der Waals surface area contributed by atoms with Crippen LogP contribution in [-0.2, 0) is 13.0 Å². The second kappa shape index (κ2) is 10.3. The van der Waals surface area contributed by atoms with E-state index in [2.05, 4.69) is 27.1 Å². The molecule has 0 radical (unpaired) electrons. The third-order valence-corrected chi connectivity index (χ3v) is 5.60. The summed E-state index contributed by atoms with van der Waals surface area (Å²) >= 11 is 6.17. The van der Waals surface area contributed by atoms with Crippen LogP contribution in [-0.4, -0.2) is 47.1 Å². The summed E-state index contributed by atoms with van der Waals surface area (Å²) in [6.45, 7) is 5.03. The standard InChI is InChI=1S/C24H26ClN5O2/c1-2-18-14-20(25)16-21(15-18)28-24(31)30-12-10-29(11-13-30)23-22(4-3-7-27-23)32-17-19-5-8-26-9-6-19/h3-9,14-16H,2,10-13,17H2,1H3,(H,28,31). The Morgan fingerprint density at radius 2 is 1.84 bits per heavy atom. The highest BCUT2D eigenvalue weighted by atomic mass is 35.5. The highest BCUT2D eigenvalue weighted by Crippen LogP contribution is 2.27. The number of aromatic nitrogens is 2. The van der Waals surface area contributed by atoms with Crippen LogP contribution in [0.3, 0.4) is 0 Å². The van der Waals surface area contributed by atoms with E-state index in [9.17, 15) is 4.79 Å². The monoisotopic (exact) mass is 451 g/mol. The van der Waals surface area contributed by atoms with Crippen molar-refractivity contribution >= 4 is 29.1 Å². The van der Waals surface area contributed by atoms with Crippen molar-refractivity contribution in [3.63, 3.8) is 0 Å². The highest BCUT2D eigenvalue weighted by Gasteiger charge is 2.24. The quantitative estimate of drug-likeness (QED) is 0.591. The average molecular weight is 452 g/mol. The number of urea groups is 1. The van der Waals surface area contributed by atoms with Gasteiger partial charge in [-0.2, -0.15) is 0 Å². The number of hydrogen-bond donors (Lipinski definition) is 1. The van der Waals surface area contributed by atoms with Crippen molar-refractivity contribution in [3.8, 4) is 5.75 Å². The number of halogens is 1. The van der Waals surface area contributed by atoms with Gasteiger partial charge in [-0.1, -0.05) is 18.5 Å². The van der Waals surface area contributed by atoms with E-state index in [4.69, 9.17) is 16.3 Å². The predicted octanol–water partition coefficient (Wildman–Crippen LogP) is 4.63. The van der Waals surface area contributed by atoms with E-state index >= 15 is 0 Å². The zero-order valence-corrected chi connectivity index (χ0v) is 18.8. The summed E-state index contributed by atoms with van der Waals surface area (Å²) < 4.78 is 6.03. The number of carbonyl (C=O) groups excluding carboxylic acids is 1. The van der Waals surface area contributed by atoms with Gasteiger partial charge in [-0.15, -0.1) is 0 Å². The zero-order valence-electron chi connectivity index (χ0n) is 18.0. The summed E-state index contributed by atoms with van der Waals surface area (Å²) in [5, 5.41) is 3.59. The molecule has 2 aromatic heterocycles. The van der Waals surface area contributed by atoms with Crippen LogP contribution >= 0.6 is 11.6 Å². The lowest BCUT2D eigenvalue weighted by atomic mass is 10.1. The fourth-order valence-corrected chi connectivity index (χ4v) is 3.88. The maximum absolute atomic E-state index is 12.8. The van der Waals surface area contributed by atoms with Gasteiger partial charge in [0, 0.05) is 55.5 Å². The van der Waals surface area contributed by atoms with Gasteiger partial charge in [0.15, 0.2) is 11.6 Å². The minimum atomic E-state index is -0.121. The molecule has 166 valence electrons. The number of benzene rings is 1. The molecule has 8 heteroatoms. The first-order valence-corrected chi connectivity index (χ1v) is 11.1. The van der Waals surface area contributed by atoms with Crippen LogP contribution in [0.4, 0.5) is 16.3 Å². The van der Waals surface area contributed by atoms with Gasteiger partial charge in [0.25, 0.3) is 0 Å². The van der Waals surface area contributed by atoms with Crippen LogP contribution < -0.4 is 15.0 Å². The van der Waals surface area contributed by atoms with Gasteiger partial charge in [-0.25, -0.2) is 9.78 Å². The number of piperazine rings is 1. The molecule has 0 unspecified atom stereocenters. The number of anilines is 2. The van der Waals surface area contributed by atoms with E-state index < -0.39 is 0 Å². The lowest BCUT2D eigenvalue weighted by Crippen LogP contribution is -2.50. The maximum Gasteiger partial charge on any atom is 0.321 e. The first kappa shape index (κ1) is 21.9. The lowest BCUT2D eigenvalue weighted by molar-refractivity contribution is 0.208. The lowest BCUT2D eigenvalue weighted by Gasteiger charge is -2.35. The number of rotatable bonds is 6. The molecule has 0 aliphatic carbocycles. The summed E-state index contributed by atoms with van der Waals surface area (Å²) in [5.74, 6) is 1.53. The Morgan fingerprint density at radius 3 is 2.59 bits per heavy atom. The first-order valence-electron chi connectivity index (χ1n) is 10.7. The first-order chi connectivity index (χ1) is 15.6. The molecule has 32 heavy (non-hydrogen) atoms. The van der Waals surface area contributed by atoms with E-state index in [0.29, 0.717) is 37.8 Å². The zero-order chi connectivity index (χ0) is 22.3. The molecule has 1 saturated heterocycles. The van der Waals surface area contributed by atoms with Crippen LogP contribution in [0.5, 0.6) is 5.75 Å². The van der Waals surface area contributed by atoms with Crippen LogP contribution in [0.15, 0.2) is 61.1 Å². The summed E-state index contributed by atoms with van der Waals surface area (Å²) in [5.41, 5.74) is 2.86. The molecule has 1 fully saturated rings. The Bertz CT molecular complexity index is 1060. The second-order valence-corrected chi connectivity index (χ2v) is 8.01. The minimum absolute atomic E-state index is 0.121. The van der Waals surface area contributed by atoms with Crippen molar-refractivity contribution in [2.75, 3.05) is 36.4 Å². The minimum Gasteiger partial charge on any atom is -0.485 e. The normalized spacial score (nSPS) is 13.7. The molecule has 0 saturated carbocycles. The number of hydrogen-bond acceptors (Lipinski definition) is 5. The number of ether oxygens (including phenoxy) is 1. The van der Waals surface area contributed by atoms with Gasteiger partial charge >= 0.3 is 6.03 Å². The number of carbonyl (C=O) groups is 1.